The largest absolute Gasteiger partial charge is 0.474 e. The first-order valence-corrected chi connectivity index (χ1v) is 4.18. The van der Waals surface area contributed by atoms with Crippen molar-refractivity contribution in [2.75, 3.05) is 6.61 Å². The highest BCUT2D eigenvalue weighted by molar-refractivity contribution is 5.14. The van der Waals surface area contributed by atoms with Crippen LogP contribution in [0.3, 0.4) is 0 Å². The zero-order chi connectivity index (χ0) is 9.90. The highest BCUT2D eigenvalue weighted by atomic mass is 16.5. The fourth-order valence-electron chi connectivity index (χ4n) is 0.791. The van der Waals surface area contributed by atoms with E-state index in [1.54, 1.807) is 12.4 Å². The number of hydrogen-bond donors (Lipinski definition) is 1. The van der Waals surface area contributed by atoms with E-state index < -0.39 is 0 Å². The van der Waals surface area contributed by atoms with Gasteiger partial charge in [-0.2, -0.15) is 0 Å². The van der Waals surface area contributed by atoms with Gasteiger partial charge in [-0.3, -0.25) is 4.98 Å². The van der Waals surface area contributed by atoms with Crippen molar-refractivity contribution in [3.8, 4) is 5.88 Å². The molecule has 0 aliphatic carbocycles. The number of aromatic nitrogens is 2. The summed E-state index contributed by atoms with van der Waals surface area (Å²) in [7, 11) is 0. The Labute approximate surface area is 78.1 Å². The predicted molar refractivity (Wildman–Crippen MR) is 50.5 cm³/mol. The van der Waals surface area contributed by atoms with Gasteiger partial charge in [0.2, 0.25) is 5.88 Å². The first kappa shape index (κ1) is 9.92. The van der Waals surface area contributed by atoms with Gasteiger partial charge in [0, 0.05) is 17.9 Å². The Morgan fingerprint density at radius 2 is 2.00 bits per heavy atom. The molecular formula is C9H15N3O. The number of aryl methyl sites for hydroxylation is 1. The van der Waals surface area contributed by atoms with Gasteiger partial charge in [-0.05, 0) is 20.8 Å². The average molecular weight is 181 g/mol. The average Bonchev–Trinajstić information content (AvgIpc) is 2.01. The van der Waals surface area contributed by atoms with Crippen LogP contribution in [0, 0.1) is 6.92 Å². The van der Waals surface area contributed by atoms with Crippen LogP contribution in [0.4, 0.5) is 0 Å². The molecule has 2 N–H and O–H groups in total. The van der Waals surface area contributed by atoms with E-state index in [1.807, 2.05) is 20.8 Å². The molecule has 0 saturated heterocycles. The predicted octanol–water partition coefficient (Wildman–Crippen LogP) is 0.901. The van der Waals surface area contributed by atoms with E-state index in [2.05, 4.69) is 9.97 Å². The monoisotopic (exact) mass is 181 g/mol. The molecule has 0 bridgehead atoms. The summed E-state index contributed by atoms with van der Waals surface area (Å²) in [6.45, 7) is 6.09. The summed E-state index contributed by atoms with van der Waals surface area (Å²) in [6, 6.07) is 0. The maximum absolute atomic E-state index is 5.76. The maximum Gasteiger partial charge on any atom is 0.235 e. The Hall–Kier alpha value is -1.16. The van der Waals surface area contributed by atoms with E-state index >= 15 is 0 Å². The fourth-order valence-corrected chi connectivity index (χ4v) is 0.791. The minimum atomic E-state index is -0.343. The van der Waals surface area contributed by atoms with Crippen molar-refractivity contribution < 1.29 is 4.74 Å². The van der Waals surface area contributed by atoms with Crippen LogP contribution in [0.15, 0.2) is 12.4 Å². The minimum absolute atomic E-state index is 0.343. The molecule has 72 valence electrons. The molecule has 4 nitrogen and oxygen atoms in total. The molecule has 1 aromatic rings. The Bertz CT molecular complexity index is 280. The molecule has 1 heterocycles. The summed E-state index contributed by atoms with van der Waals surface area (Å²) >= 11 is 0. The second-order valence-electron chi connectivity index (χ2n) is 3.72. The van der Waals surface area contributed by atoms with Crippen molar-refractivity contribution in [2.24, 2.45) is 5.73 Å². The van der Waals surface area contributed by atoms with E-state index in [0.717, 1.165) is 5.69 Å². The summed E-state index contributed by atoms with van der Waals surface area (Å²) in [5, 5.41) is 0. The lowest BCUT2D eigenvalue weighted by Crippen LogP contribution is -2.38. The van der Waals surface area contributed by atoms with E-state index in [-0.39, 0.29) is 5.54 Å². The van der Waals surface area contributed by atoms with Gasteiger partial charge < -0.3 is 10.5 Å². The minimum Gasteiger partial charge on any atom is -0.474 e. The first-order valence-electron chi connectivity index (χ1n) is 4.18. The molecule has 4 heteroatoms. The second-order valence-corrected chi connectivity index (χ2v) is 3.72. The summed E-state index contributed by atoms with van der Waals surface area (Å²) in [4.78, 5) is 8.09. The second kappa shape index (κ2) is 3.70. The van der Waals surface area contributed by atoms with Gasteiger partial charge in [-0.1, -0.05) is 0 Å². The molecule has 1 aromatic heterocycles. The number of nitrogens with zero attached hydrogens (tertiary/aromatic N) is 2. The van der Waals surface area contributed by atoms with Crippen LogP contribution in [0.5, 0.6) is 5.88 Å². The van der Waals surface area contributed by atoms with Crippen molar-refractivity contribution in [2.45, 2.75) is 26.3 Å². The molecule has 0 radical (unpaired) electrons. The van der Waals surface area contributed by atoms with E-state index in [1.165, 1.54) is 0 Å². The number of rotatable bonds is 3. The number of nitrogens with two attached hydrogens (primary N) is 1. The third-order valence-electron chi connectivity index (χ3n) is 1.42. The quantitative estimate of drug-likeness (QED) is 0.752. The third kappa shape index (κ3) is 3.38. The number of hydrogen-bond acceptors (Lipinski definition) is 4. The lowest BCUT2D eigenvalue weighted by Gasteiger charge is -2.18. The summed E-state index contributed by atoms with van der Waals surface area (Å²) in [5.74, 6) is 0.557. The molecule has 1 rings (SSSR count). The van der Waals surface area contributed by atoms with Crippen molar-refractivity contribution >= 4 is 0 Å². The summed E-state index contributed by atoms with van der Waals surface area (Å²) < 4.78 is 5.40. The third-order valence-corrected chi connectivity index (χ3v) is 1.42. The molecule has 0 saturated carbocycles. The fraction of sp³-hybridized carbons (Fsp3) is 0.556. The summed E-state index contributed by atoms with van der Waals surface area (Å²) in [6.07, 6.45) is 3.24. The van der Waals surface area contributed by atoms with Gasteiger partial charge in [-0.25, -0.2) is 4.98 Å². The first-order chi connectivity index (χ1) is 5.99. The van der Waals surface area contributed by atoms with Gasteiger partial charge in [0.25, 0.3) is 0 Å². The van der Waals surface area contributed by atoms with E-state index in [4.69, 9.17) is 10.5 Å². The Morgan fingerprint density at radius 1 is 1.38 bits per heavy atom. The van der Waals surface area contributed by atoms with Crippen molar-refractivity contribution in [3.05, 3.63) is 18.1 Å². The molecule has 0 aliphatic rings. The van der Waals surface area contributed by atoms with Crippen LogP contribution in [0.25, 0.3) is 0 Å². The highest BCUT2D eigenvalue weighted by Crippen LogP contribution is 2.10. The molecule has 0 unspecified atom stereocenters. The van der Waals surface area contributed by atoms with Crippen LogP contribution >= 0.6 is 0 Å². The lowest BCUT2D eigenvalue weighted by atomic mass is 10.1. The Morgan fingerprint density at radius 3 is 2.54 bits per heavy atom. The smallest absolute Gasteiger partial charge is 0.235 e. The molecule has 0 amide bonds. The maximum atomic E-state index is 5.76. The highest BCUT2D eigenvalue weighted by Gasteiger charge is 2.12. The number of ether oxygens (including phenoxy) is 1. The Kier molecular flexibility index (Phi) is 2.83. The lowest BCUT2D eigenvalue weighted by molar-refractivity contribution is 0.232. The van der Waals surface area contributed by atoms with Crippen molar-refractivity contribution in [3.63, 3.8) is 0 Å². The molecule has 13 heavy (non-hydrogen) atoms. The molecule has 0 atom stereocenters. The zero-order valence-corrected chi connectivity index (χ0v) is 8.24. The van der Waals surface area contributed by atoms with Crippen molar-refractivity contribution in [1.29, 1.82) is 0 Å². The van der Waals surface area contributed by atoms with Gasteiger partial charge in [0.1, 0.15) is 6.61 Å². The molecule has 0 aliphatic heterocycles. The van der Waals surface area contributed by atoms with Crippen LogP contribution in [0.1, 0.15) is 19.5 Å². The van der Waals surface area contributed by atoms with Gasteiger partial charge in [0.15, 0.2) is 0 Å². The Balaban J connectivity index is 2.60. The van der Waals surface area contributed by atoms with Crippen LogP contribution in [-0.2, 0) is 0 Å². The molecular weight excluding hydrogens is 166 g/mol. The molecule has 0 spiro atoms. The normalized spacial score (nSPS) is 11.4. The van der Waals surface area contributed by atoms with Gasteiger partial charge in [-0.15, -0.1) is 0 Å². The zero-order valence-electron chi connectivity index (χ0n) is 8.24. The van der Waals surface area contributed by atoms with Gasteiger partial charge >= 0.3 is 0 Å². The topological polar surface area (TPSA) is 61.0 Å². The molecule has 0 aromatic carbocycles. The van der Waals surface area contributed by atoms with E-state index in [9.17, 15) is 0 Å². The standard InChI is InChI=1S/C9H15N3O/c1-7-8(12-5-4-11-7)13-6-9(2,3)10/h4-5H,6,10H2,1-3H3. The van der Waals surface area contributed by atoms with Crippen LogP contribution in [-0.4, -0.2) is 22.1 Å². The SMILES string of the molecule is Cc1nccnc1OCC(C)(C)N. The van der Waals surface area contributed by atoms with E-state index in [0.29, 0.717) is 12.5 Å². The van der Waals surface area contributed by atoms with Crippen LogP contribution < -0.4 is 10.5 Å². The van der Waals surface area contributed by atoms with Gasteiger partial charge in [0.05, 0.1) is 5.69 Å². The molecule has 0 fully saturated rings. The van der Waals surface area contributed by atoms with Crippen molar-refractivity contribution in [1.82, 2.24) is 9.97 Å². The van der Waals surface area contributed by atoms with Crippen LogP contribution in [0.2, 0.25) is 0 Å². The summed E-state index contributed by atoms with van der Waals surface area (Å²) in [5.41, 5.74) is 6.20.